The largest absolute Gasteiger partial charge is 0.506 e. The number of hydrogen-bond donors (Lipinski definition) is 4. The highest BCUT2D eigenvalue weighted by Crippen LogP contribution is 2.43. The Morgan fingerprint density at radius 3 is 2.25 bits per heavy atom. The lowest BCUT2D eigenvalue weighted by Gasteiger charge is -2.39. The number of rotatable bonds is 6. The highest BCUT2D eigenvalue weighted by atomic mass is 16.5. The van der Waals surface area contributed by atoms with Crippen molar-refractivity contribution in [1.29, 1.82) is 5.41 Å². The Hall–Kier alpha value is -2.60. The number of benzene rings is 1. The molecular weight excluding hydrogens is 402 g/mol. The molecule has 1 aromatic rings. The summed E-state index contributed by atoms with van der Waals surface area (Å²) in [5.41, 5.74) is 12.2. The molecule has 6 heteroatoms. The molecule has 1 aliphatic carbocycles. The second kappa shape index (κ2) is 13.7. The second-order valence-electron chi connectivity index (χ2n) is 8.84. The van der Waals surface area contributed by atoms with Crippen LogP contribution in [0.2, 0.25) is 0 Å². The van der Waals surface area contributed by atoms with E-state index in [2.05, 4.69) is 27.7 Å². The maximum absolute atomic E-state index is 12.5. The summed E-state index contributed by atoms with van der Waals surface area (Å²) in [5.74, 6) is -0.0717. The third kappa shape index (κ3) is 8.87. The van der Waals surface area contributed by atoms with Crippen molar-refractivity contribution >= 4 is 17.4 Å². The van der Waals surface area contributed by atoms with Crippen molar-refractivity contribution in [2.24, 2.45) is 16.6 Å². The lowest BCUT2D eigenvalue weighted by molar-refractivity contribution is -0.162. The van der Waals surface area contributed by atoms with Gasteiger partial charge in [0.25, 0.3) is 0 Å². The third-order valence-electron chi connectivity index (χ3n) is 5.64. The molecule has 0 saturated carbocycles. The van der Waals surface area contributed by atoms with E-state index in [1.165, 1.54) is 0 Å². The van der Waals surface area contributed by atoms with Gasteiger partial charge >= 0.3 is 5.97 Å². The van der Waals surface area contributed by atoms with Crippen LogP contribution < -0.4 is 11.5 Å². The summed E-state index contributed by atoms with van der Waals surface area (Å²) in [7, 11) is 0. The topological polar surface area (TPSA) is 122 Å². The minimum atomic E-state index is -0.490. The lowest BCUT2D eigenvalue weighted by atomic mass is 9.65. The summed E-state index contributed by atoms with van der Waals surface area (Å²) in [5, 5.41) is 16.5. The number of allylic oxidation sites excluding steroid dienone is 2. The minimum absolute atomic E-state index is 0.0731. The van der Waals surface area contributed by atoms with Gasteiger partial charge in [-0.3, -0.25) is 4.79 Å². The molecule has 0 bridgehead atoms. The van der Waals surface area contributed by atoms with E-state index in [1.807, 2.05) is 32.9 Å². The number of nitrogen functional groups attached to an aromatic ring is 1. The number of anilines is 1. The fraction of sp³-hybridized carbons (Fsp3) is 0.538. The Balaban J connectivity index is 0.000000796. The van der Waals surface area contributed by atoms with E-state index in [4.69, 9.17) is 21.6 Å². The van der Waals surface area contributed by atoms with Gasteiger partial charge in [-0.1, -0.05) is 72.3 Å². The monoisotopic (exact) mass is 445 g/mol. The molecule has 0 heterocycles. The molecule has 32 heavy (non-hydrogen) atoms. The number of carbonyl (C=O) groups excluding carboxylic acids is 1. The van der Waals surface area contributed by atoms with Crippen LogP contribution in [0.3, 0.4) is 0 Å². The van der Waals surface area contributed by atoms with Crippen LogP contribution in [0.5, 0.6) is 5.75 Å². The van der Waals surface area contributed by atoms with Crippen LogP contribution in [0, 0.1) is 16.2 Å². The van der Waals surface area contributed by atoms with Crippen LogP contribution in [0.1, 0.15) is 66.9 Å². The van der Waals surface area contributed by atoms with Crippen molar-refractivity contribution in [2.75, 3.05) is 12.3 Å². The molecule has 0 aliphatic heterocycles. The molecule has 6 nitrogen and oxygen atoms in total. The van der Waals surface area contributed by atoms with Gasteiger partial charge in [-0.15, -0.1) is 0 Å². The standard InChI is InChI=1S/C18H29NO3.C6H8N2.C2H6/c1-6-10-18(5,17(2,3)4)16(21)22-11-9-13-7-8-15(20)14(19)12-13;7-5-3-1-2-4-6(5)8;1-2/h7-8,12,20H,6,9-11,19H2,1-5H3;1-5,8H,7H2;1-2H3. The Bertz CT molecular complexity index is 794. The van der Waals surface area contributed by atoms with Crippen LogP contribution in [-0.4, -0.2) is 29.4 Å². The van der Waals surface area contributed by atoms with Gasteiger partial charge in [-0.25, -0.2) is 0 Å². The molecule has 180 valence electrons. The van der Waals surface area contributed by atoms with E-state index in [0.717, 1.165) is 18.4 Å². The van der Waals surface area contributed by atoms with Crippen LogP contribution >= 0.6 is 0 Å². The second-order valence-corrected chi connectivity index (χ2v) is 8.84. The van der Waals surface area contributed by atoms with E-state index in [-0.39, 0.29) is 23.2 Å². The van der Waals surface area contributed by atoms with E-state index in [9.17, 15) is 9.90 Å². The molecule has 0 radical (unpaired) electrons. The zero-order chi connectivity index (χ0) is 24.9. The molecule has 6 N–H and O–H groups in total. The number of phenols is 1. The minimum Gasteiger partial charge on any atom is -0.506 e. The van der Waals surface area contributed by atoms with Crippen molar-refractivity contribution in [1.82, 2.24) is 0 Å². The van der Waals surface area contributed by atoms with Gasteiger partial charge in [0, 0.05) is 6.42 Å². The Morgan fingerprint density at radius 1 is 1.19 bits per heavy atom. The SMILES string of the molecule is CC.CCCC(C)(C(=O)OCCc1ccc(O)c(N)c1)C(C)(C)C.N=C1C=CC=CC1N. The normalized spacial score (nSPS) is 16.8. The van der Waals surface area contributed by atoms with E-state index in [0.29, 0.717) is 24.4 Å². The molecular formula is C26H43N3O3. The number of carbonyl (C=O) groups is 1. The summed E-state index contributed by atoms with van der Waals surface area (Å²) in [4.78, 5) is 12.5. The molecule has 0 spiro atoms. The predicted octanol–water partition coefficient (Wildman–Crippen LogP) is 5.40. The molecule has 1 aliphatic rings. The number of nitrogens with two attached hydrogens (primary N) is 2. The third-order valence-corrected chi connectivity index (χ3v) is 5.64. The Morgan fingerprint density at radius 2 is 1.81 bits per heavy atom. The molecule has 0 saturated heterocycles. The van der Waals surface area contributed by atoms with Crippen LogP contribution in [0.4, 0.5) is 5.69 Å². The summed E-state index contributed by atoms with van der Waals surface area (Å²) in [6, 6.07) is 4.87. The molecule has 0 fully saturated rings. The molecule has 1 aromatic carbocycles. The highest BCUT2D eigenvalue weighted by molar-refractivity contribution is 5.99. The van der Waals surface area contributed by atoms with Gasteiger partial charge in [0.1, 0.15) is 5.75 Å². The summed E-state index contributed by atoms with van der Waals surface area (Å²) < 4.78 is 5.52. The van der Waals surface area contributed by atoms with Gasteiger partial charge in [0.15, 0.2) is 0 Å². The zero-order valence-electron chi connectivity index (χ0n) is 20.9. The fourth-order valence-electron chi connectivity index (χ4n) is 3.02. The smallest absolute Gasteiger partial charge is 0.312 e. The Labute approximate surface area is 194 Å². The average molecular weight is 446 g/mol. The maximum atomic E-state index is 12.5. The number of nitrogens with one attached hydrogen (secondary N) is 1. The molecule has 2 rings (SSSR count). The number of ether oxygens (including phenoxy) is 1. The average Bonchev–Trinajstić information content (AvgIpc) is 2.74. The highest BCUT2D eigenvalue weighted by Gasteiger charge is 2.44. The first-order valence-electron chi connectivity index (χ1n) is 11.4. The van der Waals surface area contributed by atoms with Crippen LogP contribution in [-0.2, 0) is 16.0 Å². The fourth-order valence-corrected chi connectivity index (χ4v) is 3.02. The van der Waals surface area contributed by atoms with Gasteiger partial charge in [-0.2, -0.15) is 0 Å². The predicted molar refractivity (Wildman–Crippen MR) is 135 cm³/mol. The van der Waals surface area contributed by atoms with Crippen molar-refractivity contribution in [3.63, 3.8) is 0 Å². The Kier molecular flexibility index (Phi) is 12.6. The first-order valence-corrected chi connectivity index (χ1v) is 11.4. The van der Waals surface area contributed by atoms with Crippen molar-refractivity contribution in [2.45, 2.75) is 73.8 Å². The van der Waals surface area contributed by atoms with Crippen LogP contribution in [0.15, 0.2) is 42.5 Å². The first-order chi connectivity index (χ1) is 14.9. The van der Waals surface area contributed by atoms with E-state index < -0.39 is 5.41 Å². The summed E-state index contributed by atoms with van der Waals surface area (Å²) in [6.07, 6.45) is 9.49. The lowest BCUT2D eigenvalue weighted by Crippen LogP contribution is -2.41. The summed E-state index contributed by atoms with van der Waals surface area (Å²) in [6.45, 7) is 14.6. The van der Waals surface area contributed by atoms with Crippen LogP contribution in [0.25, 0.3) is 0 Å². The van der Waals surface area contributed by atoms with Crippen molar-refractivity contribution in [3.05, 3.63) is 48.1 Å². The zero-order valence-corrected chi connectivity index (χ0v) is 20.9. The summed E-state index contributed by atoms with van der Waals surface area (Å²) >= 11 is 0. The maximum Gasteiger partial charge on any atom is 0.312 e. The van der Waals surface area contributed by atoms with E-state index in [1.54, 1.807) is 30.4 Å². The molecule has 0 amide bonds. The van der Waals surface area contributed by atoms with Gasteiger partial charge < -0.3 is 26.7 Å². The molecule has 2 unspecified atom stereocenters. The van der Waals surface area contributed by atoms with Crippen molar-refractivity contribution in [3.8, 4) is 5.75 Å². The number of esters is 1. The molecule has 2 atom stereocenters. The van der Waals surface area contributed by atoms with Crippen molar-refractivity contribution < 1.29 is 14.6 Å². The van der Waals surface area contributed by atoms with Gasteiger partial charge in [0.2, 0.25) is 0 Å². The quantitative estimate of drug-likeness (QED) is 0.265. The number of phenolic OH excluding ortho intramolecular Hbond substituents is 1. The van der Waals surface area contributed by atoms with Gasteiger partial charge in [0.05, 0.1) is 29.5 Å². The van der Waals surface area contributed by atoms with Gasteiger partial charge in [-0.05, 0) is 42.5 Å². The number of hydrogen-bond acceptors (Lipinski definition) is 6. The first kappa shape index (κ1) is 29.4. The van der Waals surface area contributed by atoms with E-state index >= 15 is 0 Å². The number of aromatic hydroxyl groups is 1. The molecule has 0 aromatic heterocycles.